The summed E-state index contributed by atoms with van der Waals surface area (Å²) < 4.78 is 25.0. The Morgan fingerprint density at radius 2 is 1.67 bits per heavy atom. The van der Waals surface area contributed by atoms with Crippen LogP contribution in [-0.4, -0.2) is 20.4 Å². The Labute approximate surface area is 76.3 Å². The third kappa shape index (κ3) is 1.45. The standard InChI is InChI=1S/C4Cl2O5S/c5-1-2(12(6,9)10)4(8)11-3(1)7. The summed E-state index contributed by atoms with van der Waals surface area (Å²) in [6.45, 7) is 0. The average molecular weight is 231 g/mol. The van der Waals surface area contributed by atoms with Gasteiger partial charge in [-0.1, -0.05) is 11.6 Å². The van der Waals surface area contributed by atoms with Crippen molar-refractivity contribution in [2.75, 3.05) is 0 Å². The molecular weight excluding hydrogens is 231 g/mol. The second-order valence-corrected chi connectivity index (χ2v) is 4.64. The van der Waals surface area contributed by atoms with Crippen LogP contribution < -0.4 is 0 Å². The molecule has 0 aromatic heterocycles. The molecule has 12 heavy (non-hydrogen) atoms. The van der Waals surface area contributed by atoms with Crippen LogP contribution in [0.4, 0.5) is 0 Å². The van der Waals surface area contributed by atoms with Crippen LogP contribution in [0, 0.1) is 0 Å². The van der Waals surface area contributed by atoms with E-state index in [4.69, 9.17) is 22.3 Å². The summed E-state index contributed by atoms with van der Waals surface area (Å²) in [5.41, 5.74) is 0. The molecule has 0 atom stereocenters. The lowest BCUT2D eigenvalue weighted by Crippen LogP contribution is -2.06. The smallest absolute Gasteiger partial charge is 0.360 e. The Morgan fingerprint density at radius 1 is 1.17 bits per heavy atom. The number of halogens is 2. The molecule has 5 nitrogen and oxygen atoms in total. The Bertz CT molecular complexity index is 392. The van der Waals surface area contributed by atoms with Gasteiger partial charge in [-0.2, -0.15) is 0 Å². The summed E-state index contributed by atoms with van der Waals surface area (Å²) >= 11 is 5.13. The van der Waals surface area contributed by atoms with Crippen molar-refractivity contribution in [1.29, 1.82) is 0 Å². The van der Waals surface area contributed by atoms with E-state index >= 15 is 0 Å². The molecule has 0 aliphatic carbocycles. The van der Waals surface area contributed by atoms with E-state index in [1.807, 2.05) is 0 Å². The zero-order chi connectivity index (χ0) is 9.52. The highest BCUT2D eigenvalue weighted by atomic mass is 35.7. The van der Waals surface area contributed by atoms with Crippen LogP contribution in [-0.2, 0) is 23.4 Å². The van der Waals surface area contributed by atoms with Crippen LogP contribution in [0.2, 0.25) is 0 Å². The minimum absolute atomic E-state index is 0.810. The van der Waals surface area contributed by atoms with E-state index in [1.54, 1.807) is 0 Å². The molecular formula is C4Cl2O5S. The van der Waals surface area contributed by atoms with Crippen molar-refractivity contribution in [2.45, 2.75) is 0 Å². The summed E-state index contributed by atoms with van der Waals surface area (Å²) in [5.74, 6) is -2.55. The number of ether oxygens (including phenoxy) is 1. The molecule has 0 spiro atoms. The van der Waals surface area contributed by atoms with Crippen molar-refractivity contribution in [3.05, 3.63) is 9.94 Å². The fourth-order valence-corrected chi connectivity index (χ4v) is 2.06. The lowest BCUT2D eigenvalue weighted by molar-refractivity contribution is -0.150. The number of carbonyl (C=O) groups is 2. The quantitative estimate of drug-likeness (QED) is 0.363. The topological polar surface area (TPSA) is 77.5 Å². The number of cyclic esters (lactones) is 2. The molecule has 0 saturated heterocycles. The van der Waals surface area contributed by atoms with Crippen LogP contribution >= 0.6 is 22.3 Å². The van der Waals surface area contributed by atoms with Gasteiger partial charge in [-0.3, -0.25) is 0 Å². The molecule has 0 aromatic rings. The van der Waals surface area contributed by atoms with Gasteiger partial charge in [0.1, 0.15) is 0 Å². The van der Waals surface area contributed by atoms with Gasteiger partial charge in [-0.25, -0.2) is 18.0 Å². The Morgan fingerprint density at radius 3 is 1.83 bits per heavy atom. The highest BCUT2D eigenvalue weighted by Crippen LogP contribution is 2.27. The van der Waals surface area contributed by atoms with Crippen LogP contribution in [0.5, 0.6) is 0 Å². The van der Waals surface area contributed by atoms with Crippen LogP contribution in [0.15, 0.2) is 9.94 Å². The summed E-state index contributed by atoms with van der Waals surface area (Å²) in [4.78, 5) is 20.1. The third-order valence-electron chi connectivity index (χ3n) is 0.993. The molecule has 1 aliphatic heterocycles. The van der Waals surface area contributed by atoms with E-state index in [-0.39, 0.29) is 0 Å². The second kappa shape index (κ2) is 2.72. The fraction of sp³-hybridized carbons (Fsp3) is 0. The molecule has 0 radical (unpaired) electrons. The zero-order valence-corrected chi connectivity index (χ0v) is 7.53. The Hall–Kier alpha value is -0.590. The molecule has 0 aromatic carbocycles. The van der Waals surface area contributed by atoms with Gasteiger partial charge < -0.3 is 4.74 Å². The van der Waals surface area contributed by atoms with Crippen molar-refractivity contribution >= 4 is 43.3 Å². The number of hydrogen-bond donors (Lipinski definition) is 0. The largest absolute Gasteiger partial charge is 0.384 e. The van der Waals surface area contributed by atoms with E-state index in [9.17, 15) is 18.0 Å². The highest BCUT2D eigenvalue weighted by Gasteiger charge is 2.39. The number of carbonyl (C=O) groups excluding carboxylic acids is 2. The normalized spacial score (nSPS) is 18.5. The Balaban J connectivity index is 3.38. The molecule has 8 heteroatoms. The van der Waals surface area contributed by atoms with E-state index in [0.29, 0.717) is 0 Å². The van der Waals surface area contributed by atoms with Crippen LogP contribution in [0.25, 0.3) is 0 Å². The molecule has 1 heterocycles. The maximum Gasteiger partial charge on any atom is 0.360 e. The van der Waals surface area contributed by atoms with Gasteiger partial charge in [0, 0.05) is 10.7 Å². The Kier molecular flexibility index (Phi) is 2.15. The molecule has 66 valence electrons. The average Bonchev–Trinajstić information content (AvgIpc) is 2.05. The van der Waals surface area contributed by atoms with Gasteiger partial charge in [-0.05, 0) is 0 Å². The zero-order valence-electron chi connectivity index (χ0n) is 5.21. The van der Waals surface area contributed by atoms with Crippen molar-refractivity contribution in [3.63, 3.8) is 0 Å². The molecule has 0 fully saturated rings. The van der Waals surface area contributed by atoms with Gasteiger partial charge in [0.15, 0.2) is 9.94 Å². The van der Waals surface area contributed by atoms with E-state index in [1.165, 1.54) is 0 Å². The van der Waals surface area contributed by atoms with E-state index in [0.717, 1.165) is 0 Å². The van der Waals surface area contributed by atoms with Gasteiger partial charge in [-0.15, -0.1) is 0 Å². The summed E-state index contributed by atoms with van der Waals surface area (Å²) in [6, 6.07) is 0. The van der Waals surface area contributed by atoms with E-state index in [2.05, 4.69) is 4.74 Å². The lowest BCUT2D eigenvalue weighted by Gasteiger charge is -1.89. The number of rotatable bonds is 1. The first kappa shape index (κ1) is 9.50. The molecule has 0 saturated carbocycles. The van der Waals surface area contributed by atoms with Crippen LogP contribution in [0.3, 0.4) is 0 Å². The summed E-state index contributed by atoms with van der Waals surface area (Å²) in [6.07, 6.45) is 0. The molecule has 1 aliphatic rings. The van der Waals surface area contributed by atoms with Crippen molar-refractivity contribution < 1.29 is 22.7 Å². The predicted octanol–water partition coefficient (Wildman–Crippen LogP) is 0.0888. The van der Waals surface area contributed by atoms with Crippen molar-refractivity contribution in [3.8, 4) is 0 Å². The number of esters is 2. The highest BCUT2D eigenvalue weighted by molar-refractivity contribution is 8.17. The minimum atomic E-state index is -4.31. The summed E-state index contributed by atoms with van der Waals surface area (Å²) in [7, 11) is 0.462. The molecule has 1 rings (SSSR count). The predicted molar refractivity (Wildman–Crippen MR) is 38.8 cm³/mol. The first-order chi connectivity index (χ1) is 5.34. The minimum Gasteiger partial charge on any atom is -0.384 e. The lowest BCUT2D eigenvalue weighted by atomic mass is 10.5. The maximum atomic E-state index is 10.6. The summed E-state index contributed by atoms with van der Waals surface area (Å²) in [5, 5.41) is -0.810. The van der Waals surface area contributed by atoms with Gasteiger partial charge in [0.05, 0.1) is 0 Å². The van der Waals surface area contributed by atoms with Gasteiger partial charge >= 0.3 is 11.9 Å². The fourth-order valence-electron chi connectivity index (χ4n) is 0.564. The van der Waals surface area contributed by atoms with Crippen molar-refractivity contribution in [1.82, 2.24) is 0 Å². The SMILES string of the molecule is O=C1OC(=O)C(S(=O)(=O)Cl)=C1Cl. The third-order valence-corrected chi connectivity index (χ3v) is 2.77. The van der Waals surface area contributed by atoms with Crippen molar-refractivity contribution in [2.24, 2.45) is 0 Å². The monoisotopic (exact) mass is 230 g/mol. The maximum absolute atomic E-state index is 10.6. The molecule has 0 amide bonds. The first-order valence-electron chi connectivity index (χ1n) is 2.45. The second-order valence-electron chi connectivity index (χ2n) is 1.76. The van der Waals surface area contributed by atoms with E-state index < -0.39 is 30.9 Å². The molecule has 0 unspecified atom stereocenters. The van der Waals surface area contributed by atoms with Crippen LogP contribution in [0.1, 0.15) is 0 Å². The molecule has 0 N–H and O–H groups in total. The first-order valence-corrected chi connectivity index (χ1v) is 5.13. The van der Waals surface area contributed by atoms with Gasteiger partial charge in [0.25, 0.3) is 9.05 Å². The molecule has 0 bridgehead atoms. The van der Waals surface area contributed by atoms with Gasteiger partial charge in [0.2, 0.25) is 0 Å². The number of hydrogen-bond acceptors (Lipinski definition) is 5.